The number of hydrogen-bond acceptors (Lipinski definition) is 7. The fraction of sp³-hybridized carbons (Fsp3) is 0. The van der Waals surface area contributed by atoms with Crippen molar-refractivity contribution in [1.29, 1.82) is 0 Å². The van der Waals surface area contributed by atoms with E-state index < -0.39 is 29.7 Å². The average molecular weight is 320 g/mol. The predicted octanol–water partition coefficient (Wildman–Crippen LogP) is -8.32. The van der Waals surface area contributed by atoms with E-state index in [4.69, 9.17) is 39.3 Å². The SMILES string of the molecule is O=S(=O)(O)O.O=S([O-])S(=O)(=O)[O-].[K+].[K+]. The molecule has 0 radical (unpaired) electrons. The third-order valence-corrected chi connectivity index (χ3v) is 1.50. The predicted molar refractivity (Wildman–Crippen MR) is 32.8 cm³/mol. The van der Waals surface area contributed by atoms with Crippen molar-refractivity contribution in [2.24, 2.45) is 0 Å². The molecule has 9 nitrogen and oxygen atoms in total. The van der Waals surface area contributed by atoms with Gasteiger partial charge in [0.2, 0.25) is 0 Å². The molecule has 0 aliphatic carbocycles. The van der Waals surface area contributed by atoms with Crippen molar-refractivity contribution in [1.82, 2.24) is 0 Å². The van der Waals surface area contributed by atoms with Crippen LogP contribution in [0.3, 0.4) is 0 Å². The molecule has 2 N–H and O–H groups in total. The van der Waals surface area contributed by atoms with Gasteiger partial charge in [-0.25, -0.2) is 8.42 Å². The van der Waals surface area contributed by atoms with Gasteiger partial charge in [-0.05, 0) is 0 Å². The smallest absolute Gasteiger partial charge is 0.761 e. The summed E-state index contributed by atoms with van der Waals surface area (Å²) in [5, 5.41) is 0. The van der Waals surface area contributed by atoms with Crippen LogP contribution < -0.4 is 103 Å². The van der Waals surface area contributed by atoms with Crippen LogP contribution in [0.1, 0.15) is 0 Å². The molecule has 0 aromatic rings. The summed E-state index contributed by atoms with van der Waals surface area (Å²) < 4.78 is 77.3. The van der Waals surface area contributed by atoms with Gasteiger partial charge >= 0.3 is 113 Å². The Labute approximate surface area is 167 Å². The summed E-state index contributed by atoms with van der Waals surface area (Å²) in [7, 11) is -13.3. The zero-order valence-electron chi connectivity index (χ0n) is 6.98. The van der Waals surface area contributed by atoms with Crippen LogP contribution in [0.25, 0.3) is 0 Å². The summed E-state index contributed by atoms with van der Waals surface area (Å²) >= 11 is 0. The first kappa shape index (κ1) is 25.9. The van der Waals surface area contributed by atoms with Gasteiger partial charge in [-0.2, -0.15) is 8.42 Å². The molecule has 0 amide bonds. The first-order valence-corrected chi connectivity index (χ1v) is 6.10. The van der Waals surface area contributed by atoms with Crippen LogP contribution in [-0.2, 0) is 29.7 Å². The molecule has 1 unspecified atom stereocenters. The summed E-state index contributed by atoms with van der Waals surface area (Å²) in [5.74, 6) is 0. The van der Waals surface area contributed by atoms with E-state index in [2.05, 4.69) is 0 Å². The van der Waals surface area contributed by atoms with Crippen LogP contribution in [0, 0.1) is 0 Å². The van der Waals surface area contributed by atoms with Gasteiger partial charge in [-0.1, -0.05) is 0 Å². The normalized spacial score (nSPS) is 12.3. The van der Waals surface area contributed by atoms with Crippen LogP contribution in [0.5, 0.6) is 0 Å². The molecule has 0 bridgehead atoms. The number of hydrogen-bond donors (Lipinski definition) is 2. The van der Waals surface area contributed by atoms with Gasteiger partial charge in [-0.3, -0.25) is 13.3 Å². The number of rotatable bonds is 1. The maximum atomic E-state index is 9.16. The van der Waals surface area contributed by atoms with E-state index >= 15 is 0 Å². The van der Waals surface area contributed by atoms with Crippen LogP contribution in [0.4, 0.5) is 0 Å². The van der Waals surface area contributed by atoms with Gasteiger partial charge in [0.05, 0.1) is 10.1 Å². The summed E-state index contributed by atoms with van der Waals surface area (Å²) in [6, 6.07) is 0. The Morgan fingerprint density at radius 2 is 1.07 bits per heavy atom. The van der Waals surface area contributed by atoms with Gasteiger partial charge in [-0.15, -0.1) is 0 Å². The summed E-state index contributed by atoms with van der Waals surface area (Å²) in [5.41, 5.74) is 0. The molecular formula is H2K2O9S3. The van der Waals surface area contributed by atoms with Crippen molar-refractivity contribution in [2.45, 2.75) is 0 Å². The zero-order valence-corrected chi connectivity index (χ0v) is 15.7. The van der Waals surface area contributed by atoms with Crippen molar-refractivity contribution in [3.63, 3.8) is 0 Å². The second-order valence-corrected chi connectivity index (χ2v) is 5.22. The largest absolute Gasteiger partial charge is 1.00 e. The van der Waals surface area contributed by atoms with E-state index in [0.717, 1.165) is 0 Å². The van der Waals surface area contributed by atoms with Crippen LogP contribution in [0.15, 0.2) is 0 Å². The van der Waals surface area contributed by atoms with Crippen molar-refractivity contribution in [3.8, 4) is 0 Å². The molecule has 0 aromatic carbocycles. The topological polar surface area (TPSA) is 172 Å². The molecule has 14 heavy (non-hydrogen) atoms. The van der Waals surface area contributed by atoms with Crippen molar-refractivity contribution in [2.75, 3.05) is 0 Å². The van der Waals surface area contributed by atoms with E-state index in [-0.39, 0.29) is 103 Å². The molecule has 0 rings (SSSR count). The molecule has 76 valence electrons. The molecule has 0 aliphatic rings. The first-order chi connectivity index (χ1) is 4.94. The molecule has 0 saturated heterocycles. The Kier molecular flexibility index (Phi) is 20.8. The van der Waals surface area contributed by atoms with Gasteiger partial charge in [0.1, 0.15) is 0 Å². The first-order valence-electron chi connectivity index (χ1n) is 1.70. The fourth-order valence-electron chi connectivity index (χ4n) is 0. The van der Waals surface area contributed by atoms with E-state index in [1.807, 2.05) is 0 Å². The fourth-order valence-corrected chi connectivity index (χ4v) is 0. The van der Waals surface area contributed by atoms with Gasteiger partial charge in [0, 0.05) is 0 Å². The molecule has 0 heterocycles. The molecule has 0 saturated carbocycles. The Morgan fingerprint density at radius 1 is 1.00 bits per heavy atom. The monoisotopic (exact) mass is 320 g/mol. The quantitative estimate of drug-likeness (QED) is 0.206. The van der Waals surface area contributed by atoms with E-state index in [9.17, 15) is 0 Å². The Hall–Kier alpha value is 3.16. The molecule has 0 spiro atoms. The van der Waals surface area contributed by atoms with Crippen molar-refractivity contribution < 1.29 is 142 Å². The minimum atomic E-state index is -5.07. The molecule has 0 fully saturated rings. The van der Waals surface area contributed by atoms with E-state index in [1.54, 1.807) is 0 Å². The van der Waals surface area contributed by atoms with Crippen LogP contribution in [-0.4, -0.2) is 39.3 Å². The Bertz CT molecular complexity index is 326. The van der Waals surface area contributed by atoms with Gasteiger partial charge < -0.3 is 9.11 Å². The molecule has 0 aliphatic heterocycles. The van der Waals surface area contributed by atoms with Crippen LogP contribution >= 0.6 is 0 Å². The van der Waals surface area contributed by atoms with Crippen molar-refractivity contribution in [3.05, 3.63) is 0 Å². The molecule has 1 atom stereocenters. The third-order valence-electron chi connectivity index (χ3n) is 0.167. The minimum Gasteiger partial charge on any atom is -0.761 e. The third kappa shape index (κ3) is 36.2. The van der Waals surface area contributed by atoms with E-state index in [1.165, 1.54) is 0 Å². The summed E-state index contributed by atoms with van der Waals surface area (Å²) in [4.78, 5) is 0. The standard InChI is InChI=1S/2K.H2O5S2.H2O4S/c;;1-6(2)7(3,4)5;1-5(2,3)4/h;;(H,1,2)(H,3,4,5);(H2,1,2,3,4)/q2*+1;;/p-2. The van der Waals surface area contributed by atoms with Crippen molar-refractivity contribution >= 4 is 29.7 Å². The van der Waals surface area contributed by atoms with E-state index in [0.29, 0.717) is 0 Å². The minimum absolute atomic E-state index is 0. The second-order valence-electron chi connectivity index (χ2n) is 1.06. The molecular weight excluding hydrogens is 318 g/mol. The maximum Gasteiger partial charge on any atom is 1.00 e. The molecule has 0 aromatic heterocycles. The van der Waals surface area contributed by atoms with Crippen LogP contribution in [0.2, 0.25) is 0 Å². The van der Waals surface area contributed by atoms with Gasteiger partial charge in [0.15, 0.2) is 9.15 Å². The van der Waals surface area contributed by atoms with Gasteiger partial charge in [0.25, 0.3) is 0 Å². The Balaban J connectivity index is -0.0000000651. The zero-order chi connectivity index (χ0) is 10.6. The average Bonchev–Trinajstić information content (AvgIpc) is 1.55. The summed E-state index contributed by atoms with van der Waals surface area (Å²) in [6.45, 7) is 0. The maximum absolute atomic E-state index is 9.16. The Morgan fingerprint density at radius 3 is 1.07 bits per heavy atom. The molecule has 14 heteroatoms. The second kappa shape index (κ2) is 11.3. The summed E-state index contributed by atoms with van der Waals surface area (Å²) in [6.07, 6.45) is 0.